The number of amides is 1. The predicted octanol–water partition coefficient (Wildman–Crippen LogP) is 3.25. The topological polar surface area (TPSA) is 48.5 Å². The van der Waals surface area contributed by atoms with E-state index in [0.717, 1.165) is 31.0 Å². The maximum absolute atomic E-state index is 12.6. The van der Waals surface area contributed by atoms with Gasteiger partial charge in [0.05, 0.1) is 5.56 Å². The van der Waals surface area contributed by atoms with E-state index in [9.17, 15) is 18.0 Å². The highest BCUT2D eigenvalue weighted by atomic mass is 19.4. The lowest BCUT2D eigenvalue weighted by Crippen LogP contribution is -2.47. The number of benzene rings is 1. The summed E-state index contributed by atoms with van der Waals surface area (Å²) < 4.78 is 37.8. The number of rotatable bonds is 5. The first kappa shape index (κ1) is 19.2. The normalized spacial score (nSPS) is 15.6. The third-order valence-electron chi connectivity index (χ3n) is 4.48. The van der Waals surface area contributed by atoms with Crippen molar-refractivity contribution in [1.82, 2.24) is 9.88 Å². The molecule has 0 saturated carbocycles. The average Bonchev–Trinajstić information content (AvgIpc) is 2.67. The molecule has 5 nitrogen and oxygen atoms in total. The fraction of sp³-hybridized carbons (Fsp3) is 0.368. The summed E-state index contributed by atoms with van der Waals surface area (Å²) in [4.78, 5) is 20.1. The highest BCUT2D eigenvalue weighted by Crippen LogP contribution is 2.29. The third-order valence-corrected chi connectivity index (χ3v) is 4.48. The van der Waals surface area contributed by atoms with Crippen molar-refractivity contribution in [3.8, 4) is 0 Å². The van der Waals surface area contributed by atoms with Crippen LogP contribution in [0.5, 0.6) is 0 Å². The van der Waals surface area contributed by atoms with Gasteiger partial charge in [-0.25, -0.2) is 4.98 Å². The number of alkyl halides is 3. The van der Waals surface area contributed by atoms with Crippen LogP contribution in [0.15, 0.2) is 48.7 Å². The van der Waals surface area contributed by atoms with Gasteiger partial charge in [0.2, 0.25) is 5.91 Å². The van der Waals surface area contributed by atoms with Crippen LogP contribution in [0.3, 0.4) is 0 Å². The minimum Gasteiger partial charge on any atom is -0.354 e. The molecule has 0 unspecified atom stereocenters. The molecule has 1 N–H and O–H groups in total. The van der Waals surface area contributed by atoms with E-state index in [4.69, 9.17) is 0 Å². The highest BCUT2D eigenvalue weighted by molar-refractivity contribution is 5.90. The number of anilines is 2. The van der Waals surface area contributed by atoms with Gasteiger partial charge in [0.1, 0.15) is 5.82 Å². The van der Waals surface area contributed by atoms with E-state index in [0.29, 0.717) is 31.9 Å². The van der Waals surface area contributed by atoms with Crippen LogP contribution in [0.25, 0.3) is 0 Å². The van der Waals surface area contributed by atoms with Crippen molar-refractivity contribution < 1.29 is 18.0 Å². The molecular weight excluding hydrogens is 357 g/mol. The molecule has 144 valence electrons. The quantitative estimate of drug-likeness (QED) is 0.868. The van der Waals surface area contributed by atoms with Crippen molar-refractivity contribution in [2.24, 2.45) is 0 Å². The van der Waals surface area contributed by atoms with Crippen molar-refractivity contribution in [3.63, 3.8) is 0 Å². The molecule has 2 heterocycles. The van der Waals surface area contributed by atoms with E-state index in [1.165, 1.54) is 6.07 Å². The van der Waals surface area contributed by atoms with E-state index in [-0.39, 0.29) is 5.91 Å². The number of nitrogens with one attached hydrogen (secondary N) is 1. The largest absolute Gasteiger partial charge is 0.417 e. The number of carbonyl (C=O) groups excluding carboxylic acids is 1. The zero-order valence-corrected chi connectivity index (χ0v) is 14.7. The first-order valence-corrected chi connectivity index (χ1v) is 8.77. The number of halogens is 3. The number of para-hydroxylation sites is 1. The van der Waals surface area contributed by atoms with Crippen molar-refractivity contribution in [3.05, 3.63) is 54.2 Å². The summed E-state index contributed by atoms with van der Waals surface area (Å²) in [5.41, 5.74) is 0.0370. The minimum absolute atomic E-state index is 0.0342. The Morgan fingerprint density at radius 3 is 2.33 bits per heavy atom. The smallest absolute Gasteiger partial charge is 0.354 e. The van der Waals surface area contributed by atoms with Crippen molar-refractivity contribution in [2.75, 3.05) is 42.9 Å². The summed E-state index contributed by atoms with van der Waals surface area (Å²) in [7, 11) is 0. The molecule has 0 bridgehead atoms. The number of hydrogen-bond donors (Lipinski definition) is 1. The SMILES string of the molecule is O=C(CCN1CCN(c2ccc(C(F)(F)F)cn2)CC1)Nc1ccccc1. The van der Waals surface area contributed by atoms with Crippen LogP contribution in [0.2, 0.25) is 0 Å². The summed E-state index contributed by atoms with van der Waals surface area (Å²) in [6, 6.07) is 11.8. The van der Waals surface area contributed by atoms with E-state index < -0.39 is 11.7 Å². The Morgan fingerprint density at radius 2 is 1.74 bits per heavy atom. The molecule has 8 heteroatoms. The fourth-order valence-electron chi connectivity index (χ4n) is 2.95. The number of hydrogen-bond acceptors (Lipinski definition) is 4. The van der Waals surface area contributed by atoms with Crippen LogP contribution < -0.4 is 10.2 Å². The van der Waals surface area contributed by atoms with Crippen molar-refractivity contribution in [2.45, 2.75) is 12.6 Å². The van der Waals surface area contributed by atoms with Gasteiger partial charge in [-0.1, -0.05) is 18.2 Å². The Bertz CT molecular complexity index is 742. The number of piperazine rings is 1. The van der Waals surface area contributed by atoms with Gasteiger partial charge in [-0.3, -0.25) is 9.69 Å². The van der Waals surface area contributed by atoms with Gasteiger partial charge in [-0.05, 0) is 24.3 Å². The molecule has 0 atom stereocenters. The number of carbonyl (C=O) groups is 1. The highest BCUT2D eigenvalue weighted by Gasteiger charge is 2.31. The number of pyridine rings is 1. The summed E-state index contributed by atoms with van der Waals surface area (Å²) in [6.07, 6.45) is -3.10. The Kier molecular flexibility index (Phi) is 5.95. The first-order chi connectivity index (χ1) is 12.9. The molecule has 1 aromatic heterocycles. The van der Waals surface area contributed by atoms with Gasteiger partial charge >= 0.3 is 6.18 Å². The first-order valence-electron chi connectivity index (χ1n) is 8.77. The summed E-state index contributed by atoms with van der Waals surface area (Å²) >= 11 is 0. The molecule has 0 radical (unpaired) electrons. The maximum Gasteiger partial charge on any atom is 0.417 e. The maximum atomic E-state index is 12.6. The fourth-order valence-corrected chi connectivity index (χ4v) is 2.95. The molecule has 1 aliphatic heterocycles. The molecule has 0 aliphatic carbocycles. The lowest BCUT2D eigenvalue weighted by Gasteiger charge is -2.35. The van der Waals surface area contributed by atoms with Crippen LogP contribution in [0.4, 0.5) is 24.7 Å². The van der Waals surface area contributed by atoms with E-state index in [1.807, 2.05) is 35.2 Å². The van der Waals surface area contributed by atoms with E-state index >= 15 is 0 Å². The molecular formula is C19H21F3N4O. The predicted molar refractivity (Wildman–Crippen MR) is 97.6 cm³/mol. The lowest BCUT2D eigenvalue weighted by atomic mass is 10.2. The summed E-state index contributed by atoms with van der Waals surface area (Å²) in [6.45, 7) is 3.45. The molecule has 1 amide bonds. The second-order valence-electron chi connectivity index (χ2n) is 6.40. The van der Waals surface area contributed by atoms with Crippen LogP contribution in [-0.2, 0) is 11.0 Å². The lowest BCUT2D eigenvalue weighted by molar-refractivity contribution is -0.137. The molecule has 1 aliphatic rings. The van der Waals surface area contributed by atoms with Gasteiger partial charge in [0.25, 0.3) is 0 Å². The third kappa shape index (κ3) is 5.43. The van der Waals surface area contributed by atoms with E-state index in [1.54, 1.807) is 0 Å². The van der Waals surface area contributed by atoms with Gasteiger partial charge in [-0.15, -0.1) is 0 Å². The Balaban J connectivity index is 1.43. The molecule has 1 aromatic carbocycles. The zero-order chi connectivity index (χ0) is 19.3. The molecule has 2 aromatic rings. The molecule has 3 rings (SSSR count). The Morgan fingerprint density at radius 1 is 1.04 bits per heavy atom. The molecule has 27 heavy (non-hydrogen) atoms. The van der Waals surface area contributed by atoms with Gasteiger partial charge in [-0.2, -0.15) is 13.2 Å². The minimum atomic E-state index is -4.37. The van der Waals surface area contributed by atoms with Crippen molar-refractivity contribution in [1.29, 1.82) is 0 Å². The van der Waals surface area contributed by atoms with E-state index in [2.05, 4.69) is 15.2 Å². The van der Waals surface area contributed by atoms with Crippen LogP contribution in [-0.4, -0.2) is 48.5 Å². The standard InChI is InChI=1S/C19H21F3N4O/c20-19(21,22)15-6-7-17(23-14-15)26-12-10-25(11-13-26)9-8-18(27)24-16-4-2-1-3-5-16/h1-7,14H,8-13H2,(H,24,27). The number of nitrogens with zero attached hydrogens (tertiary/aromatic N) is 3. The van der Waals surface area contributed by atoms with Crippen LogP contribution in [0.1, 0.15) is 12.0 Å². The van der Waals surface area contributed by atoms with Gasteiger partial charge in [0, 0.05) is 51.0 Å². The second-order valence-corrected chi connectivity index (χ2v) is 6.40. The number of aromatic nitrogens is 1. The second kappa shape index (κ2) is 8.39. The Hall–Kier alpha value is -2.61. The van der Waals surface area contributed by atoms with Crippen molar-refractivity contribution >= 4 is 17.4 Å². The molecule has 0 spiro atoms. The summed E-state index contributed by atoms with van der Waals surface area (Å²) in [5.74, 6) is 0.512. The summed E-state index contributed by atoms with van der Waals surface area (Å²) in [5, 5.41) is 2.86. The monoisotopic (exact) mass is 378 g/mol. The molecule has 1 saturated heterocycles. The van der Waals surface area contributed by atoms with Gasteiger partial charge in [0.15, 0.2) is 0 Å². The van der Waals surface area contributed by atoms with Crippen LogP contribution in [0, 0.1) is 0 Å². The van der Waals surface area contributed by atoms with Crippen LogP contribution >= 0.6 is 0 Å². The molecule has 1 fully saturated rings. The Labute approximate surface area is 155 Å². The zero-order valence-electron chi connectivity index (χ0n) is 14.7. The van der Waals surface area contributed by atoms with Gasteiger partial charge < -0.3 is 10.2 Å². The average molecular weight is 378 g/mol.